The molecule has 4 nitrogen and oxygen atoms in total. The summed E-state index contributed by atoms with van der Waals surface area (Å²) in [6, 6.07) is 0. The highest BCUT2D eigenvalue weighted by atomic mass is 35.5. The van der Waals surface area contributed by atoms with Crippen molar-refractivity contribution in [2.75, 3.05) is 12.8 Å². The van der Waals surface area contributed by atoms with Crippen LogP contribution >= 0.6 is 24.2 Å². The molecule has 6 heteroatoms. The normalized spacial score (nSPS) is 8.08. The first-order chi connectivity index (χ1) is 5.09. The summed E-state index contributed by atoms with van der Waals surface area (Å²) >= 11 is 1.28. The molecule has 4 N–H and O–H groups in total. The van der Waals surface area contributed by atoms with Gasteiger partial charge in [-0.05, 0) is 0 Å². The van der Waals surface area contributed by atoms with Crippen molar-refractivity contribution >= 4 is 35.3 Å². The van der Waals surface area contributed by atoms with Gasteiger partial charge in [0.15, 0.2) is 11.1 Å². The Hall–Kier alpha value is -0.680. The van der Waals surface area contributed by atoms with E-state index in [9.17, 15) is 0 Å². The monoisotopic (exact) mass is 208 g/mol. The second kappa shape index (κ2) is 7.00. The Bertz CT molecular complexity index is 182. The largest absolute Gasteiger partial charge is 0.370 e. The number of hydrogen-bond donors (Lipinski definition) is 3. The number of rotatable bonds is 2. The summed E-state index contributed by atoms with van der Waals surface area (Å²) in [6.07, 6.45) is 1.70. The molecule has 0 aromatic rings. The minimum atomic E-state index is -0.119. The lowest BCUT2D eigenvalue weighted by Crippen LogP contribution is -2.36. The molecule has 70 valence electrons. The SMILES string of the molecule is C=CCSC(=N)N(C)C(=N)N.Cl. The van der Waals surface area contributed by atoms with E-state index in [-0.39, 0.29) is 23.5 Å². The van der Waals surface area contributed by atoms with Gasteiger partial charge in [-0.3, -0.25) is 15.7 Å². The van der Waals surface area contributed by atoms with Crippen LogP contribution in [0.2, 0.25) is 0 Å². The molecule has 0 bridgehead atoms. The minimum absolute atomic E-state index is 0. The van der Waals surface area contributed by atoms with Gasteiger partial charge in [-0.15, -0.1) is 19.0 Å². The molecule has 0 aliphatic rings. The Balaban J connectivity index is 0. The van der Waals surface area contributed by atoms with Crippen LogP contribution < -0.4 is 5.73 Å². The van der Waals surface area contributed by atoms with Crippen LogP contribution in [0.1, 0.15) is 0 Å². The van der Waals surface area contributed by atoms with Crippen LogP contribution in [0, 0.1) is 10.8 Å². The first kappa shape index (κ1) is 13.9. The van der Waals surface area contributed by atoms with Crippen molar-refractivity contribution in [2.24, 2.45) is 5.73 Å². The van der Waals surface area contributed by atoms with Crippen molar-refractivity contribution in [1.82, 2.24) is 4.90 Å². The van der Waals surface area contributed by atoms with E-state index in [1.807, 2.05) is 0 Å². The van der Waals surface area contributed by atoms with E-state index < -0.39 is 0 Å². The number of hydrogen-bond acceptors (Lipinski definition) is 3. The number of amidine groups is 1. The van der Waals surface area contributed by atoms with Gasteiger partial charge in [0.05, 0.1) is 0 Å². The number of thioether (sulfide) groups is 1. The average Bonchev–Trinajstić information content (AvgIpc) is 1.98. The zero-order valence-corrected chi connectivity index (χ0v) is 8.47. The predicted octanol–water partition coefficient (Wildman–Crippen LogP) is 1.09. The van der Waals surface area contributed by atoms with Crippen LogP contribution in [0.25, 0.3) is 0 Å². The molecular weight excluding hydrogens is 196 g/mol. The first-order valence-corrected chi connectivity index (χ1v) is 3.98. The van der Waals surface area contributed by atoms with Crippen LogP contribution in [-0.4, -0.2) is 28.8 Å². The molecular formula is C6H13ClN4S. The molecule has 0 fully saturated rings. The first-order valence-electron chi connectivity index (χ1n) is 2.99. The van der Waals surface area contributed by atoms with Crippen molar-refractivity contribution in [3.63, 3.8) is 0 Å². The minimum Gasteiger partial charge on any atom is -0.370 e. The van der Waals surface area contributed by atoms with Crippen LogP contribution in [0.4, 0.5) is 0 Å². The Kier molecular flexibility index (Phi) is 8.09. The number of nitrogens with zero attached hydrogens (tertiary/aromatic N) is 1. The third kappa shape index (κ3) is 5.03. The van der Waals surface area contributed by atoms with E-state index in [1.54, 1.807) is 13.1 Å². The predicted molar refractivity (Wildman–Crippen MR) is 57.3 cm³/mol. The van der Waals surface area contributed by atoms with Gasteiger partial charge in [0.2, 0.25) is 0 Å². The summed E-state index contributed by atoms with van der Waals surface area (Å²) in [5.41, 5.74) is 5.14. The summed E-state index contributed by atoms with van der Waals surface area (Å²) in [5.74, 6) is 0.544. The Morgan fingerprint density at radius 2 is 2.17 bits per heavy atom. The fraction of sp³-hybridized carbons (Fsp3) is 0.333. The third-order valence-corrected chi connectivity index (χ3v) is 1.95. The van der Waals surface area contributed by atoms with Crippen LogP contribution in [0.15, 0.2) is 12.7 Å². The van der Waals surface area contributed by atoms with Gasteiger partial charge >= 0.3 is 0 Å². The molecule has 0 amide bonds. The second-order valence-electron chi connectivity index (χ2n) is 1.85. The quantitative estimate of drug-likeness (QED) is 0.361. The molecule has 0 atom stereocenters. The van der Waals surface area contributed by atoms with E-state index in [4.69, 9.17) is 16.6 Å². The van der Waals surface area contributed by atoms with E-state index in [1.165, 1.54) is 16.7 Å². The smallest absolute Gasteiger partial charge is 0.194 e. The lowest BCUT2D eigenvalue weighted by atomic mass is 10.8. The summed E-state index contributed by atoms with van der Waals surface area (Å²) in [6.45, 7) is 3.52. The molecule has 0 aliphatic heterocycles. The fourth-order valence-corrected chi connectivity index (χ4v) is 0.912. The van der Waals surface area contributed by atoms with Crippen molar-refractivity contribution in [3.8, 4) is 0 Å². The molecule has 0 aromatic carbocycles. The molecule has 0 unspecified atom stereocenters. The Morgan fingerprint density at radius 1 is 1.67 bits per heavy atom. The number of nitrogens with one attached hydrogen (secondary N) is 2. The van der Waals surface area contributed by atoms with Crippen molar-refractivity contribution in [2.45, 2.75) is 0 Å². The topological polar surface area (TPSA) is 77.0 Å². The maximum Gasteiger partial charge on any atom is 0.194 e. The van der Waals surface area contributed by atoms with Gasteiger partial charge in [-0.1, -0.05) is 17.8 Å². The van der Waals surface area contributed by atoms with Crippen LogP contribution in [0.3, 0.4) is 0 Å². The second-order valence-corrected chi connectivity index (χ2v) is 2.86. The highest BCUT2D eigenvalue weighted by molar-refractivity contribution is 8.13. The van der Waals surface area contributed by atoms with Crippen LogP contribution in [-0.2, 0) is 0 Å². The molecule has 0 spiro atoms. The summed E-state index contributed by atoms with van der Waals surface area (Å²) in [5, 5.41) is 14.6. The molecule has 0 saturated heterocycles. The number of halogens is 1. The van der Waals surface area contributed by atoms with Crippen LogP contribution in [0.5, 0.6) is 0 Å². The van der Waals surface area contributed by atoms with E-state index >= 15 is 0 Å². The molecule has 0 rings (SSSR count). The van der Waals surface area contributed by atoms with E-state index in [0.29, 0.717) is 5.75 Å². The molecule has 12 heavy (non-hydrogen) atoms. The Morgan fingerprint density at radius 3 is 2.50 bits per heavy atom. The summed E-state index contributed by atoms with van der Waals surface area (Å²) in [7, 11) is 1.58. The lowest BCUT2D eigenvalue weighted by Gasteiger charge is -2.15. The van der Waals surface area contributed by atoms with Gasteiger partial charge < -0.3 is 5.73 Å². The highest BCUT2D eigenvalue weighted by Gasteiger charge is 2.05. The average molecular weight is 209 g/mol. The fourth-order valence-electron chi connectivity index (χ4n) is 0.344. The zero-order chi connectivity index (χ0) is 8.85. The molecule has 0 radical (unpaired) electrons. The van der Waals surface area contributed by atoms with Crippen molar-refractivity contribution < 1.29 is 0 Å². The number of nitrogens with two attached hydrogens (primary N) is 1. The van der Waals surface area contributed by atoms with E-state index in [0.717, 1.165) is 0 Å². The zero-order valence-electron chi connectivity index (χ0n) is 6.83. The maximum absolute atomic E-state index is 7.35. The molecule has 0 saturated carbocycles. The van der Waals surface area contributed by atoms with Gasteiger partial charge in [0.1, 0.15) is 0 Å². The Labute approximate surface area is 82.6 Å². The van der Waals surface area contributed by atoms with Gasteiger partial charge in [-0.2, -0.15) is 0 Å². The van der Waals surface area contributed by atoms with Gasteiger partial charge in [0, 0.05) is 12.8 Å². The molecule has 0 aromatic heterocycles. The van der Waals surface area contributed by atoms with Crippen molar-refractivity contribution in [3.05, 3.63) is 12.7 Å². The van der Waals surface area contributed by atoms with Gasteiger partial charge in [0.25, 0.3) is 0 Å². The van der Waals surface area contributed by atoms with Gasteiger partial charge in [-0.25, -0.2) is 0 Å². The maximum atomic E-state index is 7.35. The standard InChI is InChI=1S/C6H12N4S.ClH/c1-3-4-11-6(9)10(2)5(7)8;/h3,9H,1,4H2,2H3,(H3,7,8);1H. The molecule has 0 heterocycles. The molecule has 0 aliphatic carbocycles. The van der Waals surface area contributed by atoms with E-state index in [2.05, 4.69) is 6.58 Å². The highest BCUT2D eigenvalue weighted by Crippen LogP contribution is 2.04. The number of guanidine groups is 1. The summed E-state index contributed by atoms with van der Waals surface area (Å²) in [4.78, 5) is 1.30. The van der Waals surface area contributed by atoms with Crippen molar-refractivity contribution in [1.29, 1.82) is 10.8 Å². The summed E-state index contributed by atoms with van der Waals surface area (Å²) < 4.78 is 0. The third-order valence-electron chi connectivity index (χ3n) is 1.00. The lowest BCUT2D eigenvalue weighted by molar-refractivity contribution is 0.744.